The molecule has 0 saturated heterocycles. The lowest BCUT2D eigenvalue weighted by Gasteiger charge is -2.27. The van der Waals surface area contributed by atoms with Gasteiger partial charge in [-0.1, -0.05) is 29.8 Å². The van der Waals surface area contributed by atoms with Gasteiger partial charge in [-0.2, -0.15) is 15.8 Å². The number of benzene rings is 1. The van der Waals surface area contributed by atoms with E-state index in [4.69, 9.17) is 28.0 Å². The second-order valence-corrected chi connectivity index (χ2v) is 4.92. The number of nitriles is 3. The van der Waals surface area contributed by atoms with Crippen LogP contribution in [0.2, 0.25) is 5.02 Å². The molecule has 0 fully saturated rings. The Labute approximate surface area is 137 Å². The van der Waals surface area contributed by atoms with Crippen LogP contribution in [0.25, 0.3) is 5.41 Å². The molecule has 1 heterocycles. The highest BCUT2D eigenvalue weighted by Gasteiger charge is 2.33. The van der Waals surface area contributed by atoms with Gasteiger partial charge in [-0.15, -0.1) is 0 Å². The Morgan fingerprint density at radius 1 is 1.17 bits per heavy atom. The van der Waals surface area contributed by atoms with E-state index in [0.29, 0.717) is 10.6 Å². The van der Waals surface area contributed by atoms with Crippen molar-refractivity contribution in [2.24, 2.45) is 5.73 Å². The van der Waals surface area contributed by atoms with Gasteiger partial charge in [-0.3, -0.25) is 0 Å². The molecule has 0 bridgehead atoms. The molecule has 1 aromatic carbocycles. The lowest BCUT2D eigenvalue weighted by atomic mass is 9.81. The van der Waals surface area contributed by atoms with E-state index in [1.165, 1.54) is 0 Å². The summed E-state index contributed by atoms with van der Waals surface area (Å²) in [6, 6.07) is 12.3. The highest BCUT2D eigenvalue weighted by atomic mass is 35.5. The summed E-state index contributed by atoms with van der Waals surface area (Å²) >= 11 is 6.18. The number of halogens is 1. The molecule has 23 heavy (non-hydrogen) atoms. The van der Waals surface area contributed by atoms with E-state index in [-0.39, 0.29) is 28.2 Å². The summed E-state index contributed by atoms with van der Waals surface area (Å²) in [6.45, 7) is 0. The third kappa shape index (κ3) is 2.67. The van der Waals surface area contributed by atoms with Crippen LogP contribution in [0.4, 0.5) is 0 Å². The summed E-state index contributed by atoms with van der Waals surface area (Å²) in [6.07, 6.45) is 0. The molecule has 0 aromatic heterocycles. The molecule has 0 aliphatic carbocycles. The lowest BCUT2D eigenvalue weighted by Crippen LogP contribution is -2.31. The Morgan fingerprint density at radius 2 is 1.83 bits per heavy atom. The van der Waals surface area contributed by atoms with Crippen LogP contribution in [0.3, 0.4) is 0 Å². The van der Waals surface area contributed by atoms with Crippen LogP contribution in [-0.2, 0) is 0 Å². The molecule has 3 N–H and O–H groups in total. The lowest BCUT2D eigenvalue weighted by molar-refractivity contribution is 0.817. The number of allylic oxidation sites excluding steroid dienone is 3. The van der Waals surface area contributed by atoms with Crippen molar-refractivity contribution >= 4 is 17.5 Å². The minimum atomic E-state index is -0.841. The Morgan fingerprint density at radius 3 is 2.35 bits per heavy atom. The maximum atomic E-state index is 9.53. The number of hydrogen-bond donors (Lipinski definition) is 2. The van der Waals surface area contributed by atoms with Gasteiger partial charge < -0.3 is 16.5 Å². The van der Waals surface area contributed by atoms with Gasteiger partial charge in [0.25, 0.3) is 0 Å². The fraction of sp³-hybridized carbons (Fsp3) is 0.0625. The van der Waals surface area contributed by atoms with Crippen LogP contribution in [0, 0.1) is 34.0 Å². The van der Waals surface area contributed by atoms with Crippen LogP contribution < -0.4 is 11.1 Å². The second kappa shape index (κ2) is 6.52. The zero-order chi connectivity index (χ0) is 17.0. The quantitative estimate of drug-likeness (QED) is 0.637. The summed E-state index contributed by atoms with van der Waals surface area (Å²) in [5, 5.41) is 40.0. The van der Waals surface area contributed by atoms with Crippen LogP contribution in [-0.4, -0.2) is 5.87 Å². The molecule has 1 unspecified atom stereocenters. The Hall–Kier alpha value is -3.49. The molecule has 1 aromatic rings. The number of nitrogens with one attached hydrogen (secondary N) is 1. The molecular formula is C16H8ClN6-. The smallest absolute Gasteiger partial charge is 0.116 e. The van der Waals surface area contributed by atoms with Gasteiger partial charge in [-0.05, 0) is 11.6 Å². The molecule has 2 rings (SSSR count). The predicted octanol–water partition coefficient (Wildman–Crippen LogP) is 2.19. The first-order valence-electron chi connectivity index (χ1n) is 6.32. The minimum absolute atomic E-state index is 0.00100. The van der Waals surface area contributed by atoms with E-state index in [1.807, 2.05) is 12.1 Å². The van der Waals surface area contributed by atoms with E-state index in [0.717, 1.165) is 0 Å². The third-order valence-corrected chi connectivity index (χ3v) is 3.67. The molecule has 0 radical (unpaired) electrons. The van der Waals surface area contributed by atoms with E-state index in [9.17, 15) is 10.5 Å². The molecule has 6 nitrogen and oxygen atoms in total. The van der Waals surface area contributed by atoms with Crippen molar-refractivity contribution in [3.05, 3.63) is 68.5 Å². The van der Waals surface area contributed by atoms with Gasteiger partial charge in [0.05, 0.1) is 40.5 Å². The zero-order valence-corrected chi connectivity index (χ0v) is 12.4. The molecule has 0 saturated carbocycles. The van der Waals surface area contributed by atoms with Gasteiger partial charge in [-0.25, -0.2) is 5.87 Å². The molecule has 1 atom stereocenters. The van der Waals surface area contributed by atoms with Crippen LogP contribution >= 0.6 is 11.6 Å². The van der Waals surface area contributed by atoms with E-state index < -0.39 is 5.92 Å². The maximum Gasteiger partial charge on any atom is 0.116 e. The van der Waals surface area contributed by atoms with E-state index in [2.05, 4.69) is 5.32 Å². The summed E-state index contributed by atoms with van der Waals surface area (Å²) in [7, 11) is 0. The maximum absolute atomic E-state index is 9.53. The Bertz CT molecular complexity index is 913. The topological polar surface area (TPSA) is 132 Å². The summed E-state index contributed by atoms with van der Waals surface area (Å²) in [5.41, 5.74) is 6.20. The van der Waals surface area contributed by atoms with Crippen LogP contribution in [0.15, 0.2) is 52.5 Å². The van der Waals surface area contributed by atoms with Crippen molar-refractivity contribution in [3.8, 4) is 18.2 Å². The van der Waals surface area contributed by atoms with Gasteiger partial charge in [0.15, 0.2) is 0 Å². The molecular weight excluding hydrogens is 312 g/mol. The molecule has 1 aliphatic heterocycles. The number of rotatable bonds is 2. The van der Waals surface area contributed by atoms with Gasteiger partial charge in [0.2, 0.25) is 0 Å². The van der Waals surface area contributed by atoms with Gasteiger partial charge in [0, 0.05) is 5.02 Å². The van der Waals surface area contributed by atoms with Crippen LogP contribution in [0.1, 0.15) is 11.5 Å². The highest BCUT2D eigenvalue weighted by Crippen LogP contribution is 2.40. The van der Waals surface area contributed by atoms with Crippen molar-refractivity contribution in [3.63, 3.8) is 0 Å². The third-order valence-electron chi connectivity index (χ3n) is 3.33. The Balaban J connectivity index is 2.82. The van der Waals surface area contributed by atoms with E-state index in [1.54, 1.807) is 36.2 Å². The predicted molar refractivity (Wildman–Crippen MR) is 84.3 cm³/mol. The van der Waals surface area contributed by atoms with Crippen molar-refractivity contribution in [1.82, 2.24) is 5.32 Å². The largest absolute Gasteiger partial charge is 0.762 e. The average molecular weight is 320 g/mol. The molecule has 1 aliphatic rings. The summed E-state index contributed by atoms with van der Waals surface area (Å²) in [4.78, 5) is 0. The fourth-order valence-electron chi connectivity index (χ4n) is 2.31. The van der Waals surface area contributed by atoms with Crippen LogP contribution in [0.5, 0.6) is 0 Å². The molecule has 7 heteroatoms. The number of nitrogens with zero attached hydrogens (tertiary/aromatic N) is 4. The summed E-state index contributed by atoms with van der Waals surface area (Å²) < 4.78 is 0. The van der Waals surface area contributed by atoms with E-state index >= 15 is 0 Å². The van der Waals surface area contributed by atoms with Gasteiger partial charge >= 0.3 is 0 Å². The first-order chi connectivity index (χ1) is 11.1. The Kier molecular flexibility index (Phi) is 4.50. The molecule has 110 valence electrons. The summed E-state index contributed by atoms with van der Waals surface area (Å²) in [5.74, 6) is 0.856. The highest BCUT2D eigenvalue weighted by molar-refractivity contribution is 6.31. The number of nitrogens with two attached hydrogens (primary N) is 1. The number of hydrogen-bond acceptors (Lipinski definition) is 5. The zero-order valence-electron chi connectivity index (χ0n) is 11.6. The SMILES string of the molecule is N#CC(=C=[N-])C1=C(C#N)C(c2ccccc2Cl)C(C#N)=C(N)N1. The fourth-order valence-corrected chi connectivity index (χ4v) is 2.56. The monoisotopic (exact) mass is 319 g/mol. The van der Waals surface area contributed by atoms with Crippen molar-refractivity contribution in [1.29, 1.82) is 15.8 Å². The average Bonchev–Trinajstić information content (AvgIpc) is 2.56. The first-order valence-corrected chi connectivity index (χ1v) is 6.69. The minimum Gasteiger partial charge on any atom is -0.762 e. The van der Waals surface area contributed by atoms with Crippen molar-refractivity contribution < 1.29 is 0 Å². The first kappa shape index (κ1) is 15.9. The molecule has 0 amide bonds. The van der Waals surface area contributed by atoms with Crippen molar-refractivity contribution in [2.75, 3.05) is 0 Å². The number of dihydropyridines is 1. The normalized spacial score (nSPS) is 16.5. The standard InChI is InChI=1S/C16H8ClN6/c17-13-4-2-1-3-10(13)14-11(7-20)15(9(5-18)6-19)23-16(22)12(14)8-21/h1-4,14,23H,22H2/q-1. The molecule has 0 spiro atoms. The van der Waals surface area contributed by atoms with Crippen molar-refractivity contribution in [2.45, 2.75) is 5.92 Å². The second-order valence-electron chi connectivity index (χ2n) is 4.52. The van der Waals surface area contributed by atoms with Gasteiger partial charge in [0.1, 0.15) is 11.9 Å².